The molecule has 0 saturated carbocycles. The monoisotopic (exact) mass is 604 g/mol. The van der Waals surface area contributed by atoms with Crippen molar-refractivity contribution in [1.29, 1.82) is 0 Å². The van der Waals surface area contributed by atoms with E-state index in [1.165, 1.54) is 42.1 Å². The maximum atomic E-state index is 6.10. The average molecular weight is 605 g/mol. The molecule has 0 amide bonds. The summed E-state index contributed by atoms with van der Waals surface area (Å²) in [6, 6.07) is 49.8. The fourth-order valence-electron chi connectivity index (χ4n) is 6.95. The molecule has 0 unspecified atom stereocenters. The zero-order valence-electron chi connectivity index (χ0n) is 24.6. The van der Waals surface area contributed by atoms with Crippen LogP contribution >= 0.6 is 11.3 Å². The smallest absolute Gasteiger partial charge is 0.246 e. The highest BCUT2D eigenvalue weighted by atomic mass is 32.1. The van der Waals surface area contributed by atoms with Crippen molar-refractivity contribution in [2.24, 2.45) is 0 Å². The Morgan fingerprint density at radius 1 is 0.522 bits per heavy atom. The molecule has 3 aromatic heterocycles. The van der Waals surface area contributed by atoms with Crippen LogP contribution in [-0.4, -0.2) is 9.97 Å². The van der Waals surface area contributed by atoms with Crippen LogP contribution in [-0.2, 0) is 0 Å². The average Bonchev–Trinajstić information content (AvgIpc) is 3.70. The molecule has 0 aliphatic carbocycles. The van der Waals surface area contributed by atoms with E-state index in [0.717, 1.165) is 49.6 Å². The number of hydrogen-bond acceptors (Lipinski definition) is 4. The van der Waals surface area contributed by atoms with Crippen LogP contribution in [0.25, 0.3) is 97.4 Å². The summed E-state index contributed by atoms with van der Waals surface area (Å²) < 4.78 is 8.75. The molecule has 7 aromatic carbocycles. The summed E-state index contributed by atoms with van der Waals surface area (Å²) in [5.74, 6) is 0. The Balaban J connectivity index is 1.11. The van der Waals surface area contributed by atoms with Crippen molar-refractivity contribution >= 4 is 75.3 Å². The Bertz CT molecular complexity index is 2830. The lowest BCUT2D eigenvalue weighted by atomic mass is 9.94. The predicted molar refractivity (Wildman–Crippen MR) is 194 cm³/mol. The van der Waals surface area contributed by atoms with Gasteiger partial charge in [-0.2, -0.15) is 0 Å². The van der Waals surface area contributed by atoms with E-state index >= 15 is 0 Å². The molecular formula is C42H24N2OS. The van der Waals surface area contributed by atoms with Crippen LogP contribution in [0.2, 0.25) is 0 Å². The second-order valence-corrected chi connectivity index (χ2v) is 12.8. The first-order chi connectivity index (χ1) is 22.8. The van der Waals surface area contributed by atoms with Gasteiger partial charge in [-0.05, 0) is 68.6 Å². The van der Waals surface area contributed by atoms with E-state index in [1.54, 1.807) is 0 Å². The maximum absolute atomic E-state index is 6.10. The van der Waals surface area contributed by atoms with E-state index < -0.39 is 0 Å². The highest BCUT2D eigenvalue weighted by molar-refractivity contribution is 7.26. The molecule has 0 N–H and O–H groups in total. The van der Waals surface area contributed by atoms with E-state index in [1.807, 2.05) is 23.6 Å². The quantitative estimate of drug-likeness (QED) is 0.201. The number of benzene rings is 7. The third kappa shape index (κ3) is 3.84. The van der Waals surface area contributed by atoms with Gasteiger partial charge in [0.1, 0.15) is 11.1 Å². The summed E-state index contributed by atoms with van der Waals surface area (Å²) in [4.78, 5) is 9.81. The Morgan fingerprint density at radius 3 is 2.04 bits per heavy atom. The van der Waals surface area contributed by atoms with Crippen molar-refractivity contribution in [2.45, 2.75) is 0 Å². The minimum Gasteiger partial charge on any atom is -0.436 e. The summed E-state index contributed by atoms with van der Waals surface area (Å²) in [6.07, 6.45) is 1.82. The van der Waals surface area contributed by atoms with Gasteiger partial charge >= 0.3 is 0 Å². The van der Waals surface area contributed by atoms with Gasteiger partial charge in [-0.3, -0.25) is 0 Å². The summed E-state index contributed by atoms with van der Waals surface area (Å²) >= 11 is 1.88. The molecule has 3 nitrogen and oxygen atoms in total. The molecule has 0 aliphatic heterocycles. The van der Waals surface area contributed by atoms with Gasteiger partial charge in [0.25, 0.3) is 0 Å². The second-order valence-electron chi connectivity index (χ2n) is 11.8. The van der Waals surface area contributed by atoms with Crippen LogP contribution in [0.4, 0.5) is 0 Å². The number of hydrogen-bond donors (Lipinski definition) is 0. The molecule has 4 heteroatoms. The molecule has 214 valence electrons. The van der Waals surface area contributed by atoms with Gasteiger partial charge in [-0.1, -0.05) is 109 Å². The van der Waals surface area contributed by atoms with Gasteiger partial charge in [0.15, 0.2) is 0 Å². The van der Waals surface area contributed by atoms with Crippen molar-refractivity contribution in [2.75, 3.05) is 0 Å². The van der Waals surface area contributed by atoms with E-state index in [9.17, 15) is 0 Å². The summed E-state index contributed by atoms with van der Waals surface area (Å²) in [5.41, 5.74) is 8.77. The number of furan rings is 1. The standard InChI is InChI=1S/C42H24N2OS/c1-3-15-31-25(9-1)19-20-36-39(31)40-42(45-36)43-24-35(44-40)30-14-8-12-27(22-30)26-11-7-13-28(21-26)34-23-29-10-2-4-16-32(29)38-33-17-5-6-18-37(33)46-41(34)38/h1-24H. The fraction of sp³-hybridized carbons (Fsp3) is 0. The third-order valence-electron chi connectivity index (χ3n) is 9.11. The molecule has 0 spiro atoms. The lowest BCUT2D eigenvalue weighted by Gasteiger charge is -2.11. The Labute approximate surface area is 268 Å². The SMILES string of the molecule is c1cc(-c2cccc(-c3cc4ccccc4c4c3sc3ccccc34)c2)cc(-c2cnc3oc4ccc5ccccc5c4c3n2)c1. The molecule has 0 aliphatic rings. The van der Waals surface area contributed by atoms with Crippen LogP contribution in [0.1, 0.15) is 0 Å². The predicted octanol–water partition coefficient (Wildman–Crippen LogP) is 12.1. The Kier molecular flexibility index (Phi) is 5.45. The molecular weight excluding hydrogens is 581 g/mol. The Morgan fingerprint density at radius 2 is 1.20 bits per heavy atom. The molecule has 0 atom stereocenters. The molecule has 10 rings (SSSR count). The maximum Gasteiger partial charge on any atom is 0.246 e. The highest BCUT2D eigenvalue weighted by Crippen LogP contribution is 2.44. The zero-order valence-corrected chi connectivity index (χ0v) is 25.4. The van der Waals surface area contributed by atoms with Crippen LogP contribution in [0.15, 0.2) is 150 Å². The van der Waals surface area contributed by atoms with Gasteiger partial charge in [0, 0.05) is 31.3 Å². The number of aromatic nitrogens is 2. The lowest BCUT2D eigenvalue weighted by molar-refractivity contribution is 0.653. The largest absolute Gasteiger partial charge is 0.436 e. The molecule has 10 aromatic rings. The van der Waals surface area contributed by atoms with Crippen molar-refractivity contribution < 1.29 is 4.42 Å². The van der Waals surface area contributed by atoms with Crippen molar-refractivity contribution in [3.05, 3.63) is 146 Å². The topological polar surface area (TPSA) is 38.9 Å². The highest BCUT2D eigenvalue weighted by Gasteiger charge is 2.16. The lowest BCUT2D eigenvalue weighted by Crippen LogP contribution is -1.88. The zero-order chi connectivity index (χ0) is 30.2. The number of fused-ring (bicyclic) bond motifs is 10. The number of thiophene rings is 1. The fourth-order valence-corrected chi connectivity index (χ4v) is 8.21. The minimum absolute atomic E-state index is 0.557. The number of nitrogens with zero attached hydrogens (tertiary/aromatic N) is 2. The molecule has 3 heterocycles. The first kappa shape index (κ1) is 25.5. The summed E-state index contributed by atoms with van der Waals surface area (Å²) in [5, 5.41) is 8.52. The molecule has 0 saturated heterocycles. The normalized spacial score (nSPS) is 11.9. The third-order valence-corrected chi connectivity index (χ3v) is 10.3. The van der Waals surface area contributed by atoms with E-state index in [0.29, 0.717) is 5.71 Å². The van der Waals surface area contributed by atoms with Gasteiger partial charge in [0.2, 0.25) is 5.71 Å². The van der Waals surface area contributed by atoms with Crippen molar-refractivity contribution in [1.82, 2.24) is 9.97 Å². The van der Waals surface area contributed by atoms with Gasteiger partial charge < -0.3 is 4.42 Å². The second kappa shape index (κ2) is 9.83. The van der Waals surface area contributed by atoms with E-state index in [-0.39, 0.29) is 0 Å². The first-order valence-corrected chi connectivity index (χ1v) is 16.2. The van der Waals surface area contributed by atoms with Crippen LogP contribution in [0.3, 0.4) is 0 Å². The minimum atomic E-state index is 0.557. The van der Waals surface area contributed by atoms with E-state index in [4.69, 9.17) is 14.4 Å². The van der Waals surface area contributed by atoms with Gasteiger partial charge in [-0.15, -0.1) is 11.3 Å². The Hall–Kier alpha value is -5.84. The molecule has 46 heavy (non-hydrogen) atoms. The van der Waals surface area contributed by atoms with Gasteiger partial charge in [0.05, 0.1) is 17.3 Å². The molecule has 0 fully saturated rings. The van der Waals surface area contributed by atoms with E-state index in [2.05, 4.69) is 133 Å². The first-order valence-electron chi connectivity index (χ1n) is 15.4. The van der Waals surface area contributed by atoms with Crippen molar-refractivity contribution in [3.63, 3.8) is 0 Å². The molecule has 0 bridgehead atoms. The van der Waals surface area contributed by atoms with Gasteiger partial charge in [-0.25, -0.2) is 9.97 Å². The van der Waals surface area contributed by atoms with Crippen molar-refractivity contribution in [3.8, 4) is 33.5 Å². The summed E-state index contributed by atoms with van der Waals surface area (Å²) in [6.45, 7) is 0. The van der Waals surface area contributed by atoms with Crippen LogP contribution in [0.5, 0.6) is 0 Å². The van der Waals surface area contributed by atoms with Crippen LogP contribution < -0.4 is 0 Å². The molecule has 0 radical (unpaired) electrons. The number of rotatable bonds is 3. The van der Waals surface area contributed by atoms with Crippen LogP contribution in [0, 0.1) is 0 Å². The summed E-state index contributed by atoms with van der Waals surface area (Å²) in [7, 11) is 0.